The van der Waals surface area contributed by atoms with Gasteiger partial charge in [-0.1, -0.05) is 11.6 Å². The molecule has 4 rings (SSSR count). The molecule has 2 heterocycles. The second-order valence-electron chi connectivity index (χ2n) is 7.81. The Bertz CT molecular complexity index is 799. The molecule has 0 spiro atoms. The molecular formula is C20H24ClN3O3S. The quantitative estimate of drug-likeness (QED) is 0.766. The van der Waals surface area contributed by atoms with Crippen LogP contribution < -0.4 is 10.6 Å². The number of fused-ring (bicyclic) bond motifs is 1. The maximum Gasteiger partial charge on any atom is 0.238 e. The fraction of sp³-hybridized carbons (Fsp3) is 0.550. The fourth-order valence-corrected chi connectivity index (χ4v) is 4.93. The minimum absolute atomic E-state index is 0.0555. The molecule has 1 saturated carbocycles. The lowest BCUT2D eigenvalue weighted by molar-refractivity contribution is -0.136. The molecule has 2 fully saturated rings. The number of carbonyl (C=O) groups excluding carboxylic acids is 3. The minimum Gasteiger partial charge on any atom is -0.356 e. The fourth-order valence-electron chi connectivity index (χ4n) is 3.67. The summed E-state index contributed by atoms with van der Waals surface area (Å²) in [4.78, 5) is 40.2. The molecule has 28 heavy (non-hydrogen) atoms. The van der Waals surface area contributed by atoms with Crippen molar-refractivity contribution in [2.75, 3.05) is 25.0 Å². The summed E-state index contributed by atoms with van der Waals surface area (Å²) in [6.07, 6.45) is 4.17. The Morgan fingerprint density at radius 1 is 1.29 bits per heavy atom. The number of nitrogens with one attached hydrogen (secondary N) is 2. The molecule has 8 heteroatoms. The van der Waals surface area contributed by atoms with Gasteiger partial charge >= 0.3 is 0 Å². The van der Waals surface area contributed by atoms with E-state index in [0.29, 0.717) is 29.7 Å². The Morgan fingerprint density at radius 2 is 2.11 bits per heavy atom. The summed E-state index contributed by atoms with van der Waals surface area (Å²) in [6.45, 7) is 1.85. The Balaban J connectivity index is 1.33. The predicted octanol–water partition coefficient (Wildman–Crippen LogP) is 2.91. The van der Waals surface area contributed by atoms with Gasteiger partial charge < -0.3 is 15.5 Å². The highest BCUT2D eigenvalue weighted by Gasteiger charge is 2.34. The van der Waals surface area contributed by atoms with E-state index in [-0.39, 0.29) is 30.1 Å². The summed E-state index contributed by atoms with van der Waals surface area (Å²) in [7, 11) is 0. The van der Waals surface area contributed by atoms with Gasteiger partial charge in [0, 0.05) is 36.0 Å². The van der Waals surface area contributed by atoms with E-state index in [9.17, 15) is 14.4 Å². The zero-order valence-electron chi connectivity index (χ0n) is 15.6. The van der Waals surface area contributed by atoms with Crippen LogP contribution in [-0.4, -0.2) is 47.5 Å². The number of thioether (sulfide) groups is 1. The Labute approximate surface area is 173 Å². The van der Waals surface area contributed by atoms with E-state index in [0.717, 1.165) is 24.3 Å². The number of halogens is 1. The predicted molar refractivity (Wildman–Crippen MR) is 109 cm³/mol. The normalized spacial score (nSPS) is 24.3. The monoisotopic (exact) mass is 421 g/mol. The second-order valence-corrected chi connectivity index (χ2v) is 9.49. The van der Waals surface area contributed by atoms with Crippen LogP contribution in [0.4, 0.5) is 5.69 Å². The smallest absolute Gasteiger partial charge is 0.238 e. The van der Waals surface area contributed by atoms with Crippen molar-refractivity contribution in [1.29, 1.82) is 0 Å². The number of likely N-dealkylation sites (tertiary alicyclic amines) is 1. The molecular weight excluding hydrogens is 398 g/mol. The molecule has 2 N–H and O–H groups in total. The van der Waals surface area contributed by atoms with Crippen LogP contribution >= 0.6 is 23.4 Å². The van der Waals surface area contributed by atoms with Gasteiger partial charge in [-0.05, 0) is 49.8 Å². The first-order chi connectivity index (χ1) is 13.5. The molecule has 2 unspecified atom stereocenters. The van der Waals surface area contributed by atoms with Crippen molar-refractivity contribution < 1.29 is 14.4 Å². The third-order valence-corrected chi connectivity index (χ3v) is 7.04. The van der Waals surface area contributed by atoms with E-state index in [2.05, 4.69) is 10.6 Å². The third-order valence-electron chi connectivity index (χ3n) is 5.53. The molecule has 1 aliphatic carbocycles. The van der Waals surface area contributed by atoms with Gasteiger partial charge in [-0.2, -0.15) is 0 Å². The summed E-state index contributed by atoms with van der Waals surface area (Å²) < 4.78 is 0. The van der Waals surface area contributed by atoms with Crippen molar-refractivity contribution in [3.8, 4) is 0 Å². The van der Waals surface area contributed by atoms with E-state index in [1.54, 1.807) is 17.0 Å². The molecule has 2 atom stereocenters. The van der Waals surface area contributed by atoms with Crippen LogP contribution in [0.1, 0.15) is 32.1 Å². The number of amides is 3. The highest BCUT2D eigenvalue weighted by Crippen LogP contribution is 2.38. The first-order valence-electron chi connectivity index (χ1n) is 9.82. The summed E-state index contributed by atoms with van der Waals surface area (Å²) >= 11 is 7.37. The maximum absolute atomic E-state index is 12.8. The van der Waals surface area contributed by atoms with Gasteiger partial charge in [0.05, 0.1) is 16.9 Å². The number of hydrogen-bond donors (Lipinski definition) is 2. The van der Waals surface area contributed by atoms with E-state index >= 15 is 0 Å². The number of hydrogen-bond acceptors (Lipinski definition) is 4. The van der Waals surface area contributed by atoms with Crippen LogP contribution in [-0.2, 0) is 14.4 Å². The van der Waals surface area contributed by atoms with Crippen LogP contribution in [0, 0.1) is 11.8 Å². The lowest BCUT2D eigenvalue weighted by atomic mass is 9.96. The van der Waals surface area contributed by atoms with Crippen LogP contribution in [0.2, 0.25) is 5.02 Å². The van der Waals surface area contributed by atoms with Crippen molar-refractivity contribution in [3.05, 3.63) is 23.2 Å². The van der Waals surface area contributed by atoms with Gasteiger partial charge in [0.25, 0.3) is 0 Å². The number of carbonyl (C=O) groups is 3. The summed E-state index contributed by atoms with van der Waals surface area (Å²) in [5, 5.41) is 5.96. The molecule has 3 amide bonds. The molecule has 1 aromatic carbocycles. The van der Waals surface area contributed by atoms with Crippen molar-refractivity contribution in [3.63, 3.8) is 0 Å². The molecule has 6 nitrogen and oxygen atoms in total. The van der Waals surface area contributed by atoms with E-state index in [1.807, 2.05) is 6.07 Å². The molecule has 1 aromatic rings. The molecule has 1 saturated heterocycles. The van der Waals surface area contributed by atoms with Crippen LogP contribution in [0.5, 0.6) is 0 Å². The lowest BCUT2D eigenvalue weighted by Gasteiger charge is -2.33. The van der Waals surface area contributed by atoms with Crippen LogP contribution in [0.15, 0.2) is 23.1 Å². The average molecular weight is 422 g/mol. The van der Waals surface area contributed by atoms with E-state index in [4.69, 9.17) is 11.6 Å². The molecule has 150 valence electrons. The largest absolute Gasteiger partial charge is 0.356 e. The number of piperidine rings is 1. The zero-order valence-corrected chi connectivity index (χ0v) is 17.2. The highest BCUT2D eigenvalue weighted by molar-refractivity contribution is 8.01. The van der Waals surface area contributed by atoms with E-state index < -0.39 is 5.25 Å². The topological polar surface area (TPSA) is 78.5 Å². The minimum atomic E-state index is -0.467. The third kappa shape index (κ3) is 4.63. The number of rotatable bonds is 5. The molecule has 3 aliphatic rings. The van der Waals surface area contributed by atoms with Gasteiger partial charge in [-0.15, -0.1) is 11.8 Å². The lowest BCUT2D eigenvalue weighted by Crippen LogP contribution is -2.47. The van der Waals surface area contributed by atoms with Gasteiger partial charge in [0.1, 0.15) is 0 Å². The van der Waals surface area contributed by atoms with Crippen LogP contribution in [0.25, 0.3) is 0 Å². The van der Waals surface area contributed by atoms with E-state index in [1.165, 1.54) is 24.6 Å². The molecule has 0 aromatic heterocycles. The number of nitrogens with zero attached hydrogens (tertiary/aromatic N) is 1. The van der Waals surface area contributed by atoms with Gasteiger partial charge in [0.15, 0.2) is 0 Å². The van der Waals surface area contributed by atoms with Crippen molar-refractivity contribution in [2.45, 2.75) is 42.2 Å². The number of benzene rings is 1. The van der Waals surface area contributed by atoms with Gasteiger partial charge in [-0.3, -0.25) is 14.4 Å². The standard InChI is InChI=1S/C20H24ClN3O3S/c21-14-5-6-16-15(8-14)23-20(27)17(28-16)9-18(25)24-7-1-2-13(11-24)19(26)22-10-12-3-4-12/h5-6,8,12-13,17H,1-4,7,9-11H2,(H,22,26)(H,23,27). The Morgan fingerprint density at radius 3 is 2.89 bits per heavy atom. The Hall–Kier alpha value is -1.73. The summed E-state index contributed by atoms with van der Waals surface area (Å²) in [5.74, 6) is 0.311. The maximum atomic E-state index is 12.8. The average Bonchev–Trinajstić information content (AvgIpc) is 3.51. The highest BCUT2D eigenvalue weighted by atomic mass is 35.5. The van der Waals surface area contributed by atoms with Crippen LogP contribution in [0.3, 0.4) is 0 Å². The Kier molecular flexibility index (Phi) is 5.83. The van der Waals surface area contributed by atoms with Crippen molar-refractivity contribution in [1.82, 2.24) is 10.2 Å². The number of anilines is 1. The van der Waals surface area contributed by atoms with Crippen molar-refractivity contribution in [2.24, 2.45) is 11.8 Å². The van der Waals surface area contributed by atoms with Gasteiger partial charge in [-0.25, -0.2) is 0 Å². The molecule has 0 bridgehead atoms. The summed E-state index contributed by atoms with van der Waals surface area (Å²) in [6, 6.07) is 5.36. The zero-order chi connectivity index (χ0) is 19.7. The molecule has 0 radical (unpaired) electrons. The first kappa shape index (κ1) is 19.6. The van der Waals surface area contributed by atoms with Gasteiger partial charge in [0.2, 0.25) is 17.7 Å². The molecule has 2 aliphatic heterocycles. The second kappa shape index (κ2) is 8.33. The summed E-state index contributed by atoms with van der Waals surface area (Å²) in [5.41, 5.74) is 0.691. The first-order valence-corrected chi connectivity index (χ1v) is 11.1. The van der Waals surface area contributed by atoms with Crippen molar-refractivity contribution >= 4 is 46.8 Å². The SMILES string of the molecule is O=C(NCC1CC1)C1CCCN(C(=O)CC2Sc3ccc(Cl)cc3NC2=O)C1.